The quantitative estimate of drug-likeness (QED) is 0.226. The number of thiophene rings is 1. The van der Waals surface area contributed by atoms with Crippen LogP contribution in [0.1, 0.15) is 0 Å². The first-order valence-corrected chi connectivity index (χ1v) is 13.0. The van der Waals surface area contributed by atoms with Crippen molar-refractivity contribution in [1.82, 2.24) is 9.97 Å². The summed E-state index contributed by atoms with van der Waals surface area (Å²) < 4.78 is 1.15. The van der Waals surface area contributed by atoms with Crippen molar-refractivity contribution in [3.63, 3.8) is 0 Å². The smallest absolute Gasteiger partial charge is 0.162 e. The van der Waals surface area contributed by atoms with Gasteiger partial charge in [-0.1, -0.05) is 109 Å². The second-order valence-corrected chi connectivity index (χ2v) is 10.2. The van der Waals surface area contributed by atoms with Gasteiger partial charge in [0.25, 0.3) is 0 Å². The third-order valence-electron chi connectivity index (χ3n) is 6.60. The van der Waals surface area contributed by atoms with Crippen LogP contribution in [0.2, 0.25) is 5.15 Å². The van der Waals surface area contributed by atoms with E-state index in [1.165, 1.54) is 33.0 Å². The molecule has 0 spiro atoms. The van der Waals surface area contributed by atoms with Gasteiger partial charge in [-0.25, -0.2) is 9.97 Å². The molecule has 7 aromatic rings. The van der Waals surface area contributed by atoms with Crippen LogP contribution in [0.5, 0.6) is 0 Å². The molecule has 5 aromatic carbocycles. The van der Waals surface area contributed by atoms with Crippen molar-refractivity contribution in [3.05, 3.63) is 120 Å². The molecule has 36 heavy (non-hydrogen) atoms. The van der Waals surface area contributed by atoms with Crippen LogP contribution >= 0.6 is 22.9 Å². The summed E-state index contributed by atoms with van der Waals surface area (Å²) in [5.41, 5.74) is 5.68. The van der Waals surface area contributed by atoms with Gasteiger partial charge in [0.15, 0.2) is 5.82 Å². The average Bonchev–Trinajstić information content (AvgIpc) is 3.31. The molecule has 0 radical (unpaired) electrons. The number of nitrogens with zero attached hydrogens (tertiary/aromatic N) is 2. The van der Waals surface area contributed by atoms with Gasteiger partial charge in [0.2, 0.25) is 0 Å². The Kier molecular flexibility index (Phi) is 5.05. The van der Waals surface area contributed by atoms with Crippen LogP contribution in [0.4, 0.5) is 0 Å². The molecule has 7 rings (SSSR count). The Labute approximate surface area is 217 Å². The topological polar surface area (TPSA) is 25.8 Å². The van der Waals surface area contributed by atoms with E-state index in [2.05, 4.69) is 89.9 Å². The Bertz CT molecular complexity index is 1890. The molecule has 0 N–H and O–H groups in total. The lowest BCUT2D eigenvalue weighted by Crippen LogP contribution is -1.90. The summed E-state index contributed by atoms with van der Waals surface area (Å²) in [5, 5.41) is 4.94. The minimum Gasteiger partial charge on any atom is -0.217 e. The van der Waals surface area contributed by atoms with Crippen LogP contribution in [-0.2, 0) is 0 Å². The molecule has 170 valence electrons. The molecule has 0 fully saturated rings. The van der Waals surface area contributed by atoms with E-state index in [1.54, 1.807) is 11.3 Å². The normalized spacial score (nSPS) is 11.5. The number of halogens is 1. The molecule has 0 saturated heterocycles. The highest BCUT2D eigenvalue weighted by atomic mass is 35.5. The lowest BCUT2D eigenvalue weighted by Gasteiger charge is -2.12. The van der Waals surface area contributed by atoms with Gasteiger partial charge in [0, 0.05) is 15.6 Å². The number of hydrogen-bond acceptors (Lipinski definition) is 3. The summed E-state index contributed by atoms with van der Waals surface area (Å²) in [6.45, 7) is 0. The molecule has 0 aliphatic rings. The van der Waals surface area contributed by atoms with Crippen molar-refractivity contribution in [2.24, 2.45) is 0 Å². The SMILES string of the molecule is Clc1nc(-c2ccccc2)nc2sc3cc(-c4ccccc4)c(-c4ccc5ccccc5c4)cc3c12. The number of benzene rings is 5. The maximum Gasteiger partial charge on any atom is 0.162 e. The zero-order valence-electron chi connectivity index (χ0n) is 19.2. The highest BCUT2D eigenvalue weighted by molar-refractivity contribution is 7.25. The number of rotatable bonds is 3. The molecule has 0 unspecified atom stereocenters. The van der Waals surface area contributed by atoms with Gasteiger partial charge in [-0.05, 0) is 51.2 Å². The highest BCUT2D eigenvalue weighted by Gasteiger charge is 2.18. The predicted octanol–water partition coefficient (Wildman–Crippen LogP) is 9.65. The molecule has 2 nitrogen and oxygen atoms in total. The van der Waals surface area contributed by atoms with E-state index in [9.17, 15) is 0 Å². The molecular weight excluding hydrogens is 480 g/mol. The molecular formula is C32H19ClN2S. The lowest BCUT2D eigenvalue weighted by atomic mass is 9.92. The van der Waals surface area contributed by atoms with Gasteiger partial charge in [0.1, 0.15) is 9.98 Å². The first-order valence-electron chi connectivity index (χ1n) is 11.8. The van der Waals surface area contributed by atoms with Crippen molar-refractivity contribution >= 4 is 54.0 Å². The fourth-order valence-corrected chi connectivity index (χ4v) is 6.27. The van der Waals surface area contributed by atoms with E-state index < -0.39 is 0 Å². The third kappa shape index (κ3) is 3.56. The number of aromatic nitrogens is 2. The molecule has 0 bridgehead atoms. The van der Waals surface area contributed by atoms with Gasteiger partial charge < -0.3 is 0 Å². The van der Waals surface area contributed by atoms with Crippen molar-refractivity contribution in [2.45, 2.75) is 0 Å². The largest absolute Gasteiger partial charge is 0.217 e. The first-order chi connectivity index (χ1) is 17.7. The maximum absolute atomic E-state index is 6.82. The summed E-state index contributed by atoms with van der Waals surface area (Å²) >= 11 is 8.49. The van der Waals surface area contributed by atoms with Gasteiger partial charge in [-0.15, -0.1) is 11.3 Å². The Balaban J connectivity index is 1.51. The Morgan fingerprint density at radius 2 is 1.22 bits per heavy atom. The molecule has 0 atom stereocenters. The van der Waals surface area contributed by atoms with E-state index >= 15 is 0 Å². The van der Waals surface area contributed by atoms with Crippen LogP contribution in [0.15, 0.2) is 115 Å². The summed E-state index contributed by atoms with van der Waals surface area (Å²) in [6, 6.07) is 40.2. The van der Waals surface area contributed by atoms with Crippen LogP contribution < -0.4 is 0 Å². The molecule has 0 amide bonds. The zero-order valence-corrected chi connectivity index (χ0v) is 20.7. The second-order valence-electron chi connectivity index (χ2n) is 8.81. The standard InChI is InChI=1S/C32H19ClN2S/c33-30-29-27-18-25(24-16-15-20-9-7-8-14-23(20)17-24)26(21-10-3-1-4-11-21)19-28(27)36-32(29)35-31(34-30)22-12-5-2-6-13-22/h1-19H. The second kappa shape index (κ2) is 8.56. The van der Waals surface area contributed by atoms with Crippen molar-refractivity contribution in [1.29, 1.82) is 0 Å². The van der Waals surface area contributed by atoms with Gasteiger partial charge >= 0.3 is 0 Å². The van der Waals surface area contributed by atoms with Crippen LogP contribution in [0.25, 0.3) is 64.7 Å². The molecule has 2 aromatic heterocycles. The first kappa shape index (κ1) is 21.3. The molecule has 4 heteroatoms. The van der Waals surface area contributed by atoms with Crippen LogP contribution in [0, 0.1) is 0 Å². The van der Waals surface area contributed by atoms with Crippen molar-refractivity contribution < 1.29 is 0 Å². The monoisotopic (exact) mass is 498 g/mol. The average molecular weight is 499 g/mol. The summed E-state index contributed by atoms with van der Waals surface area (Å²) in [7, 11) is 0. The fraction of sp³-hybridized carbons (Fsp3) is 0. The van der Waals surface area contributed by atoms with Crippen molar-refractivity contribution in [3.8, 4) is 33.6 Å². The fourth-order valence-electron chi connectivity index (χ4n) is 4.85. The number of fused-ring (bicyclic) bond motifs is 4. The molecule has 0 aliphatic heterocycles. The Morgan fingerprint density at radius 3 is 2.00 bits per heavy atom. The summed E-state index contributed by atoms with van der Waals surface area (Å²) in [6.07, 6.45) is 0. The minimum atomic E-state index is 0.488. The van der Waals surface area contributed by atoms with Crippen LogP contribution in [-0.4, -0.2) is 9.97 Å². The minimum absolute atomic E-state index is 0.488. The van der Waals surface area contributed by atoms with E-state index in [0.29, 0.717) is 11.0 Å². The summed E-state index contributed by atoms with van der Waals surface area (Å²) in [5.74, 6) is 0.651. The maximum atomic E-state index is 6.82. The van der Waals surface area contributed by atoms with Crippen molar-refractivity contribution in [2.75, 3.05) is 0 Å². The Hall–Kier alpha value is -4.05. The van der Waals surface area contributed by atoms with E-state index in [-0.39, 0.29) is 0 Å². The summed E-state index contributed by atoms with van der Waals surface area (Å²) in [4.78, 5) is 10.5. The predicted molar refractivity (Wildman–Crippen MR) is 154 cm³/mol. The van der Waals surface area contributed by atoms with Crippen LogP contribution in [0.3, 0.4) is 0 Å². The molecule has 2 heterocycles. The van der Waals surface area contributed by atoms with E-state index in [0.717, 1.165) is 25.9 Å². The lowest BCUT2D eigenvalue weighted by molar-refractivity contribution is 1.24. The zero-order chi connectivity index (χ0) is 24.1. The number of hydrogen-bond donors (Lipinski definition) is 0. The highest BCUT2D eigenvalue weighted by Crippen LogP contribution is 2.43. The van der Waals surface area contributed by atoms with E-state index in [4.69, 9.17) is 16.6 Å². The third-order valence-corrected chi connectivity index (χ3v) is 7.92. The Morgan fingerprint density at radius 1 is 0.556 bits per heavy atom. The molecule has 0 saturated carbocycles. The molecule has 0 aliphatic carbocycles. The van der Waals surface area contributed by atoms with Gasteiger partial charge in [-0.2, -0.15) is 0 Å². The van der Waals surface area contributed by atoms with E-state index in [1.807, 2.05) is 30.3 Å². The van der Waals surface area contributed by atoms with Gasteiger partial charge in [0.05, 0.1) is 5.39 Å². The van der Waals surface area contributed by atoms with Gasteiger partial charge in [-0.3, -0.25) is 0 Å².